The molecule has 96 valence electrons. The van der Waals surface area contributed by atoms with Crippen molar-refractivity contribution in [3.05, 3.63) is 23.8 Å². The molecule has 0 heterocycles. The van der Waals surface area contributed by atoms with Crippen LogP contribution in [-0.2, 0) is 11.3 Å². The molecule has 1 atom stereocenters. The van der Waals surface area contributed by atoms with E-state index in [4.69, 9.17) is 15.2 Å². The van der Waals surface area contributed by atoms with Crippen LogP contribution in [0.3, 0.4) is 0 Å². The van der Waals surface area contributed by atoms with Crippen molar-refractivity contribution in [3.63, 3.8) is 0 Å². The Labute approximate surface area is 104 Å². The smallest absolute Gasteiger partial charge is 0.141 e. The summed E-state index contributed by atoms with van der Waals surface area (Å²) < 4.78 is 10.8. The number of benzene rings is 1. The maximum absolute atomic E-state index is 5.83. The van der Waals surface area contributed by atoms with Crippen LogP contribution in [0, 0.1) is 5.92 Å². The lowest BCUT2D eigenvalue weighted by molar-refractivity contribution is 0.0893. The number of hydrogen-bond donors (Lipinski definition) is 1. The summed E-state index contributed by atoms with van der Waals surface area (Å²) in [5, 5.41) is 0. The number of nitrogen functional groups attached to an aromatic ring is 1. The van der Waals surface area contributed by atoms with Crippen molar-refractivity contribution >= 4 is 5.69 Å². The second-order valence-corrected chi connectivity index (χ2v) is 4.49. The molecule has 0 aliphatic carbocycles. The van der Waals surface area contributed by atoms with Crippen molar-refractivity contribution < 1.29 is 9.47 Å². The molecule has 1 rings (SSSR count). The van der Waals surface area contributed by atoms with Gasteiger partial charge >= 0.3 is 0 Å². The lowest BCUT2D eigenvalue weighted by Gasteiger charge is -2.11. The summed E-state index contributed by atoms with van der Waals surface area (Å²) in [5.41, 5.74) is 7.58. The number of rotatable bonds is 7. The Morgan fingerprint density at radius 3 is 2.71 bits per heavy atom. The molecule has 0 fully saturated rings. The number of methoxy groups -OCH3 is 1. The van der Waals surface area contributed by atoms with Crippen LogP contribution in [0.15, 0.2) is 18.2 Å². The number of nitrogens with two attached hydrogens (primary N) is 1. The van der Waals surface area contributed by atoms with Crippen LogP contribution in [0.4, 0.5) is 5.69 Å². The van der Waals surface area contributed by atoms with Crippen LogP contribution < -0.4 is 10.5 Å². The van der Waals surface area contributed by atoms with Gasteiger partial charge in [0.2, 0.25) is 0 Å². The van der Waals surface area contributed by atoms with E-state index in [0.717, 1.165) is 12.2 Å². The van der Waals surface area contributed by atoms with Crippen LogP contribution in [0.5, 0.6) is 5.75 Å². The van der Waals surface area contributed by atoms with E-state index >= 15 is 0 Å². The van der Waals surface area contributed by atoms with Crippen molar-refractivity contribution in [1.82, 2.24) is 0 Å². The van der Waals surface area contributed by atoms with E-state index in [1.165, 1.54) is 12.8 Å². The van der Waals surface area contributed by atoms with Gasteiger partial charge in [0.05, 0.1) is 19.4 Å². The third kappa shape index (κ3) is 4.65. The minimum absolute atomic E-state index is 0.613. The summed E-state index contributed by atoms with van der Waals surface area (Å²) in [7, 11) is 1.62. The van der Waals surface area contributed by atoms with Gasteiger partial charge in [0.25, 0.3) is 0 Å². The number of anilines is 1. The van der Waals surface area contributed by atoms with Crippen molar-refractivity contribution in [1.29, 1.82) is 0 Å². The van der Waals surface area contributed by atoms with Crippen LogP contribution in [0.2, 0.25) is 0 Å². The minimum atomic E-state index is 0.613. The van der Waals surface area contributed by atoms with E-state index in [0.29, 0.717) is 24.0 Å². The predicted molar refractivity (Wildman–Crippen MR) is 71.1 cm³/mol. The van der Waals surface area contributed by atoms with Gasteiger partial charge in [-0.25, -0.2) is 0 Å². The van der Waals surface area contributed by atoms with E-state index in [2.05, 4.69) is 13.8 Å². The van der Waals surface area contributed by atoms with Gasteiger partial charge in [0.1, 0.15) is 5.75 Å². The zero-order chi connectivity index (χ0) is 12.7. The lowest BCUT2D eigenvalue weighted by atomic mass is 10.1. The zero-order valence-corrected chi connectivity index (χ0v) is 11.0. The Balaban J connectivity index is 2.39. The summed E-state index contributed by atoms with van der Waals surface area (Å²) in [6.07, 6.45) is 2.42. The van der Waals surface area contributed by atoms with Gasteiger partial charge < -0.3 is 15.2 Å². The Kier molecular flexibility index (Phi) is 5.84. The topological polar surface area (TPSA) is 44.5 Å². The third-order valence-electron chi connectivity index (χ3n) is 2.75. The van der Waals surface area contributed by atoms with Crippen molar-refractivity contribution in [2.75, 3.05) is 19.5 Å². The highest BCUT2D eigenvalue weighted by atomic mass is 16.5. The van der Waals surface area contributed by atoms with E-state index in [9.17, 15) is 0 Å². The van der Waals surface area contributed by atoms with Crippen molar-refractivity contribution in [2.24, 2.45) is 5.92 Å². The molecule has 0 saturated carbocycles. The molecule has 3 heteroatoms. The Morgan fingerprint density at radius 1 is 1.35 bits per heavy atom. The molecular weight excluding hydrogens is 214 g/mol. The standard InChI is InChI=1S/C14H23NO2/c1-4-5-11(2)9-17-10-12-6-7-14(16-3)13(15)8-12/h6-8,11H,4-5,9-10,15H2,1-3H3. The second kappa shape index (κ2) is 7.17. The summed E-state index contributed by atoms with van der Waals surface area (Å²) in [6, 6.07) is 5.77. The van der Waals surface area contributed by atoms with Crippen LogP contribution in [-0.4, -0.2) is 13.7 Å². The molecule has 0 aliphatic heterocycles. The van der Waals surface area contributed by atoms with E-state index in [-0.39, 0.29) is 0 Å². The molecule has 17 heavy (non-hydrogen) atoms. The van der Waals surface area contributed by atoms with E-state index < -0.39 is 0 Å². The Bertz CT molecular complexity index is 339. The largest absolute Gasteiger partial charge is 0.495 e. The summed E-state index contributed by atoms with van der Waals surface area (Å²) in [5.74, 6) is 1.34. The maximum atomic E-state index is 5.83. The van der Waals surface area contributed by atoms with E-state index in [1.54, 1.807) is 7.11 Å². The second-order valence-electron chi connectivity index (χ2n) is 4.49. The molecule has 2 N–H and O–H groups in total. The molecule has 0 aromatic heterocycles. The molecule has 0 bridgehead atoms. The monoisotopic (exact) mass is 237 g/mol. The molecule has 1 aromatic rings. The van der Waals surface area contributed by atoms with Gasteiger partial charge in [-0.15, -0.1) is 0 Å². The fourth-order valence-corrected chi connectivity index (χ4v) is 1.83. The highest BCUT2D eigenvalue weighted by Gasteiger charge is 2.03. The first-order valence-electron chi connectivity index (χ1n) is 6.17. The van der Waals surface area contributed by atoms with Gasteiger partial charge in [-0.2, -0.15) is 0 Å². The predicted octanol–water partition coefficient (Wildman–Crippen LogP) is 3.23. The van der Waals surface area contributed by atoms with Crippen LogP contribution >= 0.6 is 0 Å². The van der Waals surface area contributed by atoms with Gasteiger partial charge in [-0.1, -0.05) is 26.3 Å². The summed E-state index contributed by atoms with van der Waals surface area (Å²) in [4.78, 5) is 0. The highest BCUT2D eigenvalue weighted by Crippen LogP contribution is 2.22. The molecule has 3 nitrogen and oxygen atoms in total. The first kappa shape index (κ1) is 13.8. The van der Waals surface area contributed by atoms with Crippen molar-refractivity contribution in [2.45, 2.75) is 33.3 Å². The van der Waals surface area contributed by atoms with Gasteiger partial charge in [-0.05, 0) is 30.0 Å². The summed E-state index contributed by atoms with van der Waals surface area (Å²) in [6.45, 7) is 5.83. The normalized spacial score (nSPS) is 12.4. The molecule has 0 aliphatic rings. The Morgan fingerprint density at radius 2 is 2.12 bits per heavy atom. The fraction of sp³-hybridized carbons (Fsp3) is 0.571. The zero-order valence-electron chi connectivity index (χ0n) is 11.0. The molecule has 0 radical (unpaired) electrons. The molecule has 0 amide bonds. The molecule has 0 spiro atoms. The van der Waals surface area contributed by atoms with E-state index in [1.807, 2.05) is 18.2 Å². The lowest BCUT2D eigenvalue weighted by Crippen LogP contribution is -2.05. The molecule has 1 aromatic carbocycles. The van der Waals surface area contributed by atoms with Gasteiger partial charge in [-0.3, -0.25) is 0 Å². The summed E-state index contributed by atoms with van der Waals surface area (Å²) >= 11 is 0. The first-order chi connectivity index (χ1) is 8.17. The first-order valence-corrected chi connectivity index (χ1v) is 6.17. The SMILES string of the molecule is CCCC(C)COCc1ccc(OC)c(N)c1. The quantitative estimate of drug-likeness (QED) is 0.740. The van der Waals surface area contributed by atoms with Gasteiger partial charge in [0.15, 0.2) is 0 Å². The molecular formula is C14H23NO2. The maximum Gasteiger partial charge on any atom is 0.141 e. The van der Waals surface area contributed by atoms with Crippen LogP contribution in [0.25, 0.3) is 0 Å². The molecule has 0 saturated heterocycles. The number of ether oxygens (including phenoxy) is 2. The average molecular weight is 237 g/mol. The molecule has 1 unspecified atom stereocenters. The highest BCUT2D eigenvalue weighted by molar-refractivity contribution is 5.54. The average Bonchev–Trinajstić information content (AvgIpc) is 2.29. The fourth-order valence-electron chi connectivity index (χ4n) is 1.83. The minimum Gasteiger partial charge on any atom is -0.495 e. The Hall–Kier alpha value is -1.22. The number of hydrogen-bond acceptors (Lipinski definition) is 3. The van der Waals surface area contributed by atoms with Crippen molar-refractivity contribution in [3.8, 4) is 5.75 Å². The van der Waals surface area contributed by atoms with Gasteiger partial charge in [0, 0.05) is 6.61 Å². The third-order valence-corrected chi connectivity index (χ3v) is 2.75. The van der Waals surface area contributed by atoms with Crippen LogP contribution in [0.1, 0.15) is 32.3 Å².